The van der Waals surface area contributed by atoms with Gasteiger partial charge in [-0.05, 0) is 22.6 Å². The van der Waals surface area contributed by atoms with Gasteiger partial charge in [0.1, 0.15) is 0 Å². The molecule has 0 aromatic rings. The summed E-state index contributed by atoms with van der Waals surface area (Å²) in [7, 11) is 0. The van der Waals surface area contributed by atoms with Crippen molar-refractivity contribution >= 4 is 22.6 Å². The van der Waals surface area contributed by atoms with E-state index in [1.54, 1.807) is 0 Å². The van der Waals surface area contributed by atoms with Crippen LogP contribution in [0.15, 0.2) is 9.85 Å². The van der Waals surface area contributed by atoms with E-state index < -0.39 is 16.5 Å². The molecule has 0 amide bonds. The zero-order valence-electron chi connectivity index (χ0n) is 3.88. The van der Waals surface area contributed by atoms with Crippen LogP contribution >= 0.6 is 22.6 Å². The average molecular weight is 256 g/mol. The number of rotatable bonds is 2. The third-order valence-electron chi connectivity index (χ3n) is 0.341. The highest BCUT2D eigenvalue weighted by Crippen LogP contribution is 2.18. The molecule has 0 aliphatic carbocycles. The Morgan fingerprint density at radius 2 is 1.78 bits per heavy atom. The molecule has 0 aliphatic rings. The van der Waals surface area contributed by atoms with Gasteiger partial charge in [0.25, 0.3) is 0 Å². The molecule has 0 aliphatic heterocycles. The first-order chi connectivity index (χ1) is 4.04. The van der Waals surface area contributed by atoms with Crippen LogP contribution in [0, 0.1) is 0 Å². The van der Waals surface area contributed by atoms with Crippen LogP contribution < -0.4 is 0 Å². The number of hydrogen-bond acceptors (Lipinski definition) is 1. The smallest absolute Gasteiger partial charge is 0.389 e. The fourth-order valence-electron chi connectivity index (χ4n) is 0.123. The summed E-state index contributed by atoms with van der Waals surface area (Å²) in [5.41, 5.74) is 0. The van der Waals surface area contributed by atoms with Crippen molar-refractivity contribution < 1.29 is 22.3 Å². The minimum atomic E-state index is -3.31. The quantitative estimate of drug-likeness (QED) is 0.419. The minimum Gasteiger partial charge on any atom is -0.406 e. The van der Waals surface area contributed by atoms with Gasteiger partial charge in [0, 0.05) is 0 Å². The molecule has 0 rings (SSSR count). The number of hydrogen-bond donors (Lipinski definition) is 0. The maximum Gasteiger partial charge on any atom is 0.389 e. The van der Waals surface area contributed by atoms with E-state index in [4.69, 9.17) is 0 Å². The topological polar surface area (TPSA) is 9.23 Å². The predicted octanol–water partition coefficient (Wildman–Crippen LogP) is 2.73. The summed E-state index contributed by atoms with van der Waals surface area (Å²) in [4.78, 5) is 0. The molecule has 0 fully saturated rings. The monoisotopic (exact) mass is 256 g/mol. The van der Waals surface area contributed by atoms with Crippen LogP contribution in [-0.2, 0) is 4.74 Å². The Balaban J connectivity index is 3.77. The molecule has 0 spiro atoms. The molecule has 1 nitrogen and oxygen atoms in total. The summed E-state index contributed by atoms with van der Waals surface area (Å²) in [6.07, 6.45) is 0. The highest BCUT2D eigenvalue weighted by molar-refractivity contribution is 14.1. The van der Waals surface area contributed by atoms with Gasteiger partial charge in [0.05, 0.1) is 0 Å². The van der Waals surface area contributed by atoms with Gasteiger partial charge >= 0.3 is 12.6 Å². The Morgan fingerprint density at radius 3 is 1.89 bits per heavy atom. The van der Waals surface area contributed by atoms with Crippen LogP contribution in [0.4, 0.5) is 17.6 Å². The van der Waals surface area contributed by atoms with Gasteiger partial charge in [-0.3, -0.25) is 0 Å². The normalized spacial score (nSPS) is 13.6. The van der Waals surface area contributed by atoms with Gasteiger partial charge in [-0.2, -0.15) is 17.6 Å². The lowest BCUT2D eigenvalue weighted by Crippen LogP contribution is -1.95. The number of alkyl halides is 2. The third-order valence-corrected chi connectivity index (χ3v) is 0.765. The van der Waals surface area contributed by atoms with Crippen molar-refractivity contribution in [1.82, 2.24) is 0 Å². The lowest BCUT2D eigenvalue weighted by atomic mass is 11.0. The Bertz CT molecular complexity index is 119. The van der Waals surface area contributed by atoms with E-state index in [1.165, 1.54) is 0 Å². The van der Waals surface area contributed by atoms with Crippen molar-refractivity contribution in [3.8, 4) is 0 Å². The second kappa shape index (κ2) is 3.91. The molecule has 0 radical (unpaired) electrons. The van der Waals surface area contributed by atoms with E-state index in [9.17, 15) is 17.6 Å². The average Bonchev–Trinajstić information content (AvgIpc) is 1.63. The molecule has 0 saturated heterocycles. The zero-order chi connectivity index (χ0) is 7.44. The Labute approximate surface area is 61.8 Å². The summed E-state index contributed by atoms with van der Waals surface area (Å²) < 4.78 is 46.6. The van der Waals surface area contributed by atoms with Crippen LogP contribution in [0.5, 0.6) is 0 Å². The first-order valence-electron chi connectivity index (χ1n) is 1.69. The van der Waals surface area contributed by atoms with Gasteiger partial charge in [0.15, 0.2) is 0 Å². The first kappa shape index (κ1) is 8.99. The lowest BCUT2D eigenvalue weighted by Gasteiger charge is -1.97. The van der Waals surface area contributed by atoms with E-state index in [-0.39, 0.29) is 0 Å². The van der Waals surface area contributed by atoms with Gasteiger partial charge < -0.3 is 4.74 Å². The van der Waals surface area contributed by atoms with E-state index in [0.29, 0.717) is 0 Å². The molecular weight excluding hydrogens is 255 g/mol. The van der Waals surface area contributed by atoms with E-state index in [0.717, 1.165) is 22.6 Å². The molecule has 0 atom stereocenters. The SMILES string of the molecule is F/C(I)=C(\F)OC(F)F. The van der Waals surface area contributed by atoms with Crippen LogP contribution in [0.1, 0.15) is 0 Å². The molecule has 0 N–H and O–H groups in total. The molecule has 0 aromatic heterocycles. The summed E-state index contributed by atoms with van der Waals surface area (Å²) in [6.45, 7) is -3.31. The van der Waals surface area contributed by atoms with Crippen LogP contribution in [-0.4, -0.2) is 6.61 Å². The molecule has 54 valence electrons. The van der Waals surface area contributed by atoms with E-state index in [1.807, 2.05) is 0 Å². The number of ether oxygens (including phenoxy) is 1. The highest BCUT2D eigenvalue weighted by atomic mass is 127. The van der Waals surface area contributed by atoms with Gasteiger partial charge in [-0.1, -0.05) is 0 Å². The minimum absolute atomic E-state index is 0.881. The summed E-state index contributed by atoms with van der Waals surface area (Å²) >= 11 is 0.881. The predicted molar refractivity (Wildman–Crippen MR) is 30.4 cm³/mol. The van der Waals surface area contributed by atoms with Crippen molar-refractivity contribution in [2.75, 3.05) is 0 Å². The zero-order valence-corrected chi connectivity index (χ0v) is 6.03. The first-order valence-corrected chi connectivity index (χ1v) is 2.77. The van der Waals surface area contributed by atoms with E-state index >= 15 is 0 Å². The van der Waals surface area contributed by atoms with Gasteiger partial charge in [-0.25, -0.2) is 0 Å². The largest absolute Gasteiger partial charge is 0.406 e. The van der Waals surface area contributed by atoms with Crippen molar-refractivity contribution in [2.24, 2.45) is 0 Å². The summed E-state index contributed by atoms with van der Waals surface area (Å²) in [6, 6.07) is -1.88. The van der Waals surface area contributed by atoms with Crippen LogP contribution in [0.3, 0.4) is 0 Å². The van der Waals surface area contributed by atoms with Crippen molar-refractivity contribution in [1.29, 1.82) is 0 Å². The summed E-state index contributed by atoms with van der Waals surface area (Å²) in [5, 5.41) is 0. The van der Waals surface area contributed by atoms with Crippen molar-refractivity contribution in [2.45, 2.75) is 6.61 Å². The van der Waals surface area contributed by atoms with Gasteiger partial charge in [0.2, 0.25) is 3.83 Å². The molecule has 9 heavy (non-hydrogen) atoms. The fraction of sp³-hybridized carbons (Fsp3) is 0.333. The Hall–Kier alpha value is -0.0100. The highest BCUT2D eigenvalue weighted by Gasteiger charge is 2.09. The van der Waals surface area contributed by atoms with Crippen LogP contribution in [0.2, 0.25) is 0 Å². The standard InChI is InChI=1S/C3HF4IO/c4-1(8)2(5)9-3(6)7/h3H/b2-1-. The molecule has 6 heteroatoms. The van der Waals surface area contributed by atoms with Crippen LogP contribution in [0.25, 0.3) is 0 Å². The Morgan fingerprint density at radius 1 is 1.33 bits per heavy atom. The van der Waals surface area contributed by atoms with Gasteiger partial charge in [-0.15, -0.1) is 0 Å². The second-order valence-electron chi connectivity index (χ2n) is 0.913. The maximum atomic E-state index is 11.6. The molecule has 0 saturated carbocycles. The molecule has 0 unspecified atom stereocenters. The fourth-order valence-corrected chi connectivity index (χ4v) is 0.250. The second-order valence-corrected chi connectivity index (χ2v) is 1.86. The molecule has 0 bridgehead atoms. The molecular formula is C3HF4IO. The number of halogens is 5. The lowest BCUT2D eigenvalue weighted by molar-refractivity contribution is -0.116. The van der Waals surface area contributed by atoms with Crippen molar-refractivity contribution in [3.05, 3.63) is 9.85 Å². The molecule has 0 aromatic carbocycles. The van der Waals surface area contributed by atoms with Crippen molar-refractivity contribution in [3.63, 3.8) is 0 Å². The van der Waals surface area contributed by atoms with E-state index in [2.05, 4.69) is 4.74 Å². The molecule has 0 heterocycles. The third kappa shape index (κ3) is 4.49. The maximum absolute atomic E-state index is 11.6. The Kier molecular flexibility index (Phi) is 3.91. The summed E-state index contributed by atoms with van der Waals surface area (Å²) in [5.74, 6) is 0.